The molecule has 1 aliphatic heterocycles. The summed E-state index contributed by atoms with van der Waals surface area (Å²) in [5.41, 5.74) is 0.741. The Labute approximate surface area is 180 Å². The number of likely N-dealkylation sites (tertiary alicyclic amines) is 1. The molecule has 1 unspecified atom stereocenters. The number of hydrogen-bond acceptors (Lipinski definition) is 5. The van der Waals surface area contributed by atoms with Crippen molar-refractivity contribution < 1.29 is 19.4 Å². The van der Waals surface area contributed by atoms with E-state index >= 15 is 0 Å². The fourth-order valence-corrected chi connectivity index (χ4v) is 3.77. The Balaban J connectivity index is 2.13. The van der Waals surface area contributed by atoms with Gasteiger partial charge in [0.25, 0.3) is 0 Å². The van der Waals surface area contributed by atoms with Crippen LogP contribution in [0.4, 0.5) is 15.4 Å². The van der Waals surface area contributed by atoms with E-state index in [-0.39, 0.29) is 17.6 Å². The normalized spacial score (nSPS) is 17.4. The highest BCUT2D eigenvalue weighted by Crippen LogP contribution is 2.30. The summed E-state index contributed by atoms with van der Waals surface area (Å²) in [7, 11) is 0. The van der Waals surface area contributed by atoms with Crippen LogP contribution >= 0.6 is 11.6 Å². The number of carbonyl (C=O) groups excluding carboxylic acids is 1. The SMILES string of the molecule is CC(C)c1cnn2c(N(C(=O)OC(C)(C)C)C3CCCN(C(=O)O)C3)cc(Cl)nc12. The van der Waals surface area contributed by atoms with E-state index in [0.717, 1.165) is 5.56 Å². The Kier molecular flexibility index (Phi) is 6.12. The van der Waals surface area contributed by atoms with Crippen LogP contribution in [0.25, 0.3) is 5.65 Å². The van der Waals surface area contributed by atoms with Gasteiger partial charge in [0.15, 0.2) is 5.65 Å². The summed E-state index contributed by atoms with van der Waals surface area (Å²) in [5.74, 6) is 0.567. The highest BCUT2D eigenvalue weighted by molar-refractivity contribution is 6.29. The van der Waals surface area contributed by atoms with Gasteiger partial charge in [-0.2, -0.15) is 9.61 Å². The smallest absolute Gasteiger partial charge is 0.416 e. The van der Waals surface area contributed by atoms with Crippen molar-refractivity contribution in [2.75, 3.05) is 18.0 Å². The number of carboxylic acid groups (broad SMARTS) is 1. The average molecular weight is 438 g/mol. The molecule has 3 heterocycles. The Morgan fingerprint density at radius 1 is 1.37 bits per heavy atom. The molecular weight excluding hydrogens is 410 g/mol. The predicted molar refractivity (Wildman–Crippen MR) is 113 cm³/mol. The molecule has 9 nitrogen and oxygen atoms in total. The van der Waals surface area contributed by atoms with E-state index in [4.69, 9.17) is 16.3 Å². The van der Waals surface area contributed by atoms with Gasteiger partial charge in [0.1, 0.15) is 16.6 Å². The maximum Gasteiger partial charge on any atom is 0.416 e. The second kappa shape index (κ2) is 8.29. The monoisotopic (exact) mass is 437 g/mol. The summed E-state index contributed by atoms with van der Waals surface area (Å²) in [4.78, 5) is 32.0. The average Bonchev–Trinajstić information content (AvgIpc) is 3.04. The standard InChI is InChI=1S/C20H28ClN5O4/c1-12(2)14-10-22-26-16(9-15(21)23-17(14)26)25(19(29)30-20(3,4)5)13-7-6-8-24(11-13)18(27)28/h9-10,12-13H,6-8,11H2,1-5H3,(H,27,28). The van der Waals surface area contributed by atoms with Crippen LogP contribution in [-0.2, 0) is 4.74 Å². The molecule has 2 aromatic rings. The van der Waals surface area contributed by atoms with Crippen molar-refractivity contribution in [1.82, 2.24) is 19.5 Å². The lowest BCUT2D eigenvalue weighted by atomic mass is 10.0. The van der Waals surface area contributed by atoms with Crippen molar-refractivity contribution in [1.29, 1.82) is 0 Å². The molecule has 1 aliphatic rings. The fourth-order valence-electron chi connectivity index (χ4n) is 3.59. The van der Waals surface area contributed by atoms with Crippen LogP contribution < -0.4 is 4.90 Å². The van der Waals surface area contributed by atoms with Crippen LogP contribution in [0.5, 0.6) is 0 Å². The number of ether oxygens (including phenoxy) is 1. The predicted octanol–water partition coefficient (Wildman–Crippen LogP) is 4.39. The Morgan fingerprint density at radius 2 is 2.07 bits per heavy atom. The number of anilines is 1. The first-order chi connectivity index (χ1) is 14.0. The van der Waals surface area contributed by atoms with Gasteiger partial charge in [0.05, 0.1) is 12.2 Å². The molecule has 30 heavy (non-hydrogen) atoms. The van der Waals surface area contributed by atoms with E-state index in [9.17, 15) is 14.7 Å². The summed E-state index contributed by atoms with van der Waals surface area (Å²) in [6.07, 6.45) is 1.38. The zero-order valence-electron chi connectivity index (χ0n) is 17.9. The highest BCUT2D eigenvalue weighted by Gasteiger charge is 2.36. The van der Waals surface area contributed by atoms with Crippen molar-refractivity contribution in [3.63, 3.8) is 0 Å². The quantitative estimate of drug-likeness (QED) is 0.714. The summed E-state index contributed by atoms with van der Waals surface area (Å²) < 4.78 is 7.24. The molecule has 1 N–H and O–H groups in total. The Morgan fingerprint density at radius 3 is 2.67 bits per heavy atom. The molecule has 2 aromatic heterocycles. The summed E-state index contributed by atoms with van der Waals surface area (Å²) >= 11 is 6.32. The van der Waals surface area contributed by atoms with Crippen LogP contribution in [0.15, 0.2) is 12.3 Å². The molecule has 164 valence electrons. The maximum atomic E-state index is 13.3. The molecule has 1 atom stereocenters. The van der Waals surface area contributed by atoms with Crippen LogP contribution in [0.1, 0.15) is 58.9 Å². The second-order valence-corrected chi connectivity index (χ2v) is 9.19. The number of nitrogens with zero attached hydrogens (tertiary/aromatic N) is 5. The number of halogens is 1. The van der Waals surface area contributed by atoms with E-state index in [0.29, 0.717) is 30.9 Å². The van der Waals surface area contributed by atoms with Gasteiger partial charge in [-0.25, -0.2) is 14.6 Å². The Bertz CT molecular complexity index is 953. The van der Waals surface area contributed by atoms with Crippen molar-refractivity contribution in [2.45, 2.75) is 65.0 Å². The molecule has 0 saturated carbocycles. The van der Waals surface area contributed by atoms with Gasteiger partial charge in [0, 0.05) is 24.7 Å². The van der Waals surface area contributed by atoms with Crippen LogP contribution in [-0.4, -0.2) is 61.5 Å². The van der Waals surface area contributed by atoms with Gasteiger partial charge in [-0.3, -0.25) is 4.90 Å². The third-order valence-corrected chi connectivity index (χ3v) is 5.13. The van der Waals surface area contributed by atoms with Crippen LogP contribution in [0.2, 0.25) is 5.15 Å². The van der Waals surface area contributed by atoms with E-state index in [2.05, 4.69) is 10.1 Å². The van der Waals surface area contributed by atoms with Gasteiger partial charge in [-0.1, -0.05) is 25.4 Å². The third-order valence-electron chi connectivity index (χ3n) is 4.94. The molecule has 0 aliphatic carbocycles. The van der Waals surface area contributed by atoms with Gasteiger partial charge in [-0.05, 0) is 39.5 Å². The summed E-state index contributed by atoms with van der Waals surface area (Å²) in [5, 5.41) is 14.1. The van der Waals surface area contributed by atoms with Crippen LogP contribution in [0, 0.1) is 0 Å². The van der Waals surface area contributed by atoms with Crippen molar-refractivity contribution in [3.05, 3.63) is 23.0 Å². The number of hydrogen-bond donors (Lipinski definition) is 1. The van der Waals surface area contributed by atoms with Gasteiger partial charge >= 0.3 is 12.2 Å². The number of piperidine rings is 1. The fraction of sp³-hybridized carbons (Fsp3) is 0.600. The van der Waals surface area contributed by atoms with Gasteiger partial charge in [-0.15, -0.1) is 0 Å². The van der Waals surface area contributed by atoms with Crippen molar-refractivity contribution >= 4 is 35.3 Å². The molecule has 1 saturated heterocycles. The number of fused-ring (bicyclic) bond motifs is 1. The van der Waals surface area contributed by atoms with E-state index < -0.39 is 23.8 Å². The minimum absolute atomic E-state index is 0.161. The molecule has 0 bridgehead atoms. The highest BCUT2D eigenvalue weighted by atomic mass is 35.5. The molecule has 1 fully saturated rings. The topological polar surface area (TPSA) is 100 Å². The number of amides is 2. The minimum atomic E-state index is -1.01. The molecule has 0 radical (unpaired) electrons. The van der Waals surface area contributed by atoms with Crippen LogP contribution in [0.3, 0.4) is 0 Å². The Hall–Kier alpha value is -2.55. The molecule has 3 rings (SSSR count). The minimum Gasteiger partial charge on any atom is -0.465 e. The molecule has 10 heteroatoms. The third kappa shape index (κ3) is 4.61. The second-order valence-electron chi connectivity index (χ2n) is 8.80. The lowest BCUT2D eigenvalue weighted by Gasteiger charge is -2.38. The first-order valence-electron chi connectivity index (χ1n) is 10.0. The zero-order chi connectivity index (χ0) is 22.2. The maximum absolute atomic E-state index is 13.3. The molecule has 0 aromatic carbocycles. The van der Waals surface area contributed by atoms with Crippen molar-refractivity contribution in [2.24, 2.45) is 0 Å². The first-order valence-corrected chi connectivity index (χ1v) is 10.4. The summed E-state index contributed by atoms with van der Waals surface area (Å²) in [6.45, 7) is 10.0. The lowest BCUT2D eigenvalue weighted by Crippen LogP contribution is -2.53. The lowest BCUT2D eigenvalue weighted by molar-refractivity contribution is 0.0538. The molecular formula is C20H28ClN5O4. The van der Waals surface area contributed by atoms with Gasteiger partial charge in [0.2, 0.25) is 0 Å². The zero-order valence-corrected chi connectivity index (χ0v) is 18.7. The summed E-state index contributed by atoms with van der Waals surface area (Å²) in [6, 6.07) is 1.15. The van der Waals surface area contributed by atoms with Crippen molar-refractivity contribution in [3.8, 4) is 0 Å². The largest absolute Gasteiger partial charge is 0.465 e. The number of carbonyl (C=O) groups is 2. The first kappa shape index (κ1) is 22.1. The molecule has 2 amide bonds. The van der Waals surface area contributed by atoms with Gasteiger partial charge < -0.3 is 14.7 Å². The van der Waals surface area contributed by atoms with E-state index in [1.807, 2.05) is 13.8 Å². The van der Waals surface area contributed by atoms with E-state index in [1.165, 1.54) is 9.80 Å². The number of rotatable bonds is 3. The number of aromatic nitrogens is 3. The molecule has 0 spiro atoms. The van der Waals surface area contributed by atoms with E-state index in [1.54, 1.807) is 37.5 Å².